The number of nitrogens with zero attached hydrogens (tertiary/aromatic N) is 1. The number of hydrogen-bond acceptors (Lipinski definition) is 5. The van der Waals surface area contributed by atoms with Crippen molar-refractivity contribution in [3.05, 3.63) is 186 Å². The molecular formula is C34H36Au2ClINO4P2-2. The van der Waals surface area contributed by atoms with E-state index in [0.717, 1.165) is 0 Å². The maximum absolute atomic E-state index is 11.1. The van der Waals surface area contributed by atoms with Crippen LogP contribution in [0.1, 0.15) is 0 Å². The van der Waals surface area contributed by atoms with Gasteiger partial charge in [0.05, 0.1) is 0 Å². The predicted octanol–water partition coefficient (Wildman–Crippen LogP) is 5.25. The van der Waals surface area contributed by atoms with Crippen molar-refractivity contribution in [1.29, 1.82) is 0 Å². The van der Waals surface area contributed by atoms with Gasteiger partial charge in [0.15, 0.2) is 0 Å². The van der Waals surface area contributed by atoms with Gasteiger partial charge in [0.1, 0.15) is 0 Å². The van der Waals surface area contributed by atoms with Gasteiger partial charge in [-0.2, -0.15) is 0 Å². The molecule has 4 aromatic carbocycles. The molecule has 5 rings (SSSR count). The minimum Gasteiger partial charge on any atom is -0.358 e. The molecule has 45 heavy (non-hydrogen) atoms. The summed E-state index contributed by atoms with van der Waals surface area (Å²) in [6, 6.07) is 43.5. The van der Waals surface area contributed by atoms with Crippen LogP contribution in [0.2, 0.25) is 0 Å². The fourth-order valence-electron chi connectivity index (χ4n) is 3.98. The van der Waals surface area contributed by atoms with E-state index in [9.17, 15) is 14.0 Å². The molecular weight excluding hydrogens is 1100 g/mol. The number of pyridine rings is 1. The van der Waals surface area contributed by atoms with Crippen LogP contribution in [-0.2, 0) is 48.8 Å². The normalized spacial score (nSPS) is 12.5. The number of halogens is 2. The topological polar surface area (TPSA) is 91.3 Å². The van der Waals surface area contributed by atoms with E-state index >= 15 is 0 Å². The van der Waals surface area contributed by atoms with Gasteiger partial charge < -0.3 is 7.43 Å². The molecule has 0 aliphatic rings. The Morgan fingerprint density at radius 2 is 0.800 bits per heavy atom. The van der Waals surface area contributed by atoms with E-state index in [2.05, 4.69) is 102 Å². The maximum atomic E-state index is 11.1. The Kier molecular flexibility index (Phi) is 18.4. The van der Waals surface area contributed by atoms with Gasteiger partial charge in [-0.05, 0) is 12.1 Å². The largest absolute Gasteiger partial charge is 0.358 e. The van der Waals surface area contributed by atoms with Crippen LogP contribution in [0.4, 0.5) is 0 Å². The molecule has 5 nitrogen and oxygen atoms in total. The van der Waals surface area contributed by atoms with Gasteiger partial charge >= 0.3 is 253 Å². The van der Waals surface area contributed by atoms with Crippen molar-refractivity contribution in [2.75, 3.05) is 0 Å². The van der Waals surface area contributed by atoms with E-state index in [4.69, 9.17) is 4.08 Å². The first-order valence-electron chi connectivity index (χ1n) is 12.6. The van der Waals surface area contributed by atoms with E-state index in [1.165, 1.54) is 10.6 Å². The average Bonchev–Trinajstić information content (AvgIpc) is 2.99. The van der Waals surface area contributed by atoms with Crippen LogP contribution in [0.15, 0.2) is 152 Å². The van der Waals surface area contributed by atoms with Crippen molar-refractivity contribution in [3.63, 3.8) is 0 Å². The third-order valence-electron chi connectivity index (χ3n) is 6.23. The molecule has 0 unspecified atom stereocenters. The Balaban J connectivity index is 0.000000695. The van der Waals surface area contributed by atoms with Gasteiger partial charge in [0, 0.05) is 34.8 Å². The Labute approximate surface area is 315 Å². The third kappa shape index (κ3) is 12.6. The first kappa shape index (κ1) is 44.2. The number of aromatic nitrogens is 1. The predicted molar refractivity (Wildman–Crippen MR) is 185 cm³/mol. The van der Waals surface area contributed by atoms with E-state index < -0.39 is 21.3 Å². The molecule has 0 spiro atoms. The number of rotatable bonds is 6. The van der Waals surface area contributed by atoms with Crippen LogP contribution in [0.3, 0.4) is 0 Å². The summed E-state index contributed by atoms with van der Waals surface area (Å²) in [4.78, 5) is 3.78. The molecule has 1 heterocycles. The Bertz CT molecular complexity index is 1400. The summed E-state index contributed by atoms with van der Waals surface area (Å²) in [5.74, 6) is 0. The van der Waals surface area contributed by atoms with Crippen molar-refractivity contribution in [1.82, 2.24) is 4.98 Å². The van der Waals surface area contributed by atoms with Gasteiger partial charge in [0.25, 0.3) is 0 Å². The van der Waals surface area contributed by atoms with Crippen LogP contribution in [0, 0.1) is 44.3 Å². The fourth-order valence-corrected chi connectivity index (χ4v) is 12.2. The minimum absolute atomic E-state index is 0. The molecule has 0 aliphatic heterocycles. The standard InChI is InChI=1S/C14H14ClO4P.C14H14IP.C5H5N.CH3.2Au/c1-20(2,19-15(16,17)18,13-9-5-3-6-10-13)14-11-7-4-8-12-14;1-16(2,15,13-9-5-3-6-10-13)14-11-7-4-8-12-14;1-2-4-6-5-3-1;;;/h3-12H,1-2H2;3-12H,1-2H2;1-5H;1H3;;/q2*-2;;-1;;+3. The third-order valence-corrected chi connectivity index (χ3v) is 17.5. The fraction of sp³-hybridized carbons (Fsp3) is 0. The first-order chi connectivity index (χ1) is 19.7. The number of benzene rings is 4. The van der Waals surface area contributed by atoms with Gasteiger partial charge in [0.2, 0.25) is 0 Å². The molecule has 0 aliphatic carbocycles. The minimum atomic E-state index is -4.66. The first-order valence-corrected chi connectivity index (χ1v) is 21.8. The molecule has 0 amide bonds. The molecule has 0 N–H and O–H groups in total. The zero-order valence-electron chi connectivity index (χ0n) is 24.6. The van der Waals surface area contributed by atoms with Crippen molar-refractivity contribution in [2.24, 2.45) is 0 Å². The van der Waals surface area contributed by atoms with Gasteiger partial charge in [-0.15, -0.1) is 0 Å². The second-order valence-electron chi connectivity index (χ2n) is 9.60. The molecule has 11 heteroatoms. The van der Waals surface area contributed by atoms with Crippen molar-refractivity contribution < 1.29 is 73.1 Å². The molecule has 0 saturated heterocycles. The molecule has 0 bridgehead atoms. The summed E-state index contributed by atoms with van der Waals surface area (Å²) in [5.41, 5.74) is 0. The van der Waals surface area contributed by atoms with Crippen molar-refractivity contribution in [3.8, 4) is 0 Å². The SMILES string of the molecule is [Au+3].[Au].[CH2-]P([CH2-])(I)(c1ccccc1)c1ccccc1.[CH2-]P([CH2-])(O[Cl+3]([O-])([O-])[O-])(c1ccccc1)c1ccccc1.[CH3-].c1ccncc1. The molecule has 0 fully saturated rings. The van der Waals surface area contributed by atoms with Crippen LogP contribution in [-0.4, -0.2) is 4.98 Å². The van der Waals surface area contributed by atoms with E-state index in [-0.39, 0.29) is 52.2 Å². The van der Waals surface area contributed by atoms with Gasteiger partial charge in [-0.1, -0.05) is 6.07 Å². The van der Waals surface area contributed by atoms with Crippen molar-refractivity contribution >= 4 is 54.3 Å². The van der Waals surface area contributed by atoms with Crippen LogP contribution in [0.5, 0.6) is 0 Å². The van der Waals surface area contributed by atoms with E-state index in [0.29, 0.717) is 10.6 Å². The van der Waals surface area contributed by atoms with Crippen molar-refractivity contribution in [2.45, 2.75) is 0 Å². The molecule has 5 aromatic rings. The summed E-state index contributed by atoms with van der Waals surface area (Å²) in [6.45, 7) is 12.7. The quantitative estimate of drug-likeness (QED) is 0.100. The average molecular weight is 1140 g/mol. The smallest absolute Gasteiger partial charge is 0.0267 e. The molecule has 0 atom stereocenters. The summed E-state index contributed by atoms with van der Waals surface area (Å²) < 4.78 is 35.9. The number of hydrogen-bond donors (Lipinski definition) is 0. The summed E-state index contributed by atoms with van der Waals surface area (Å²) in [5, 5.41) is 3.44. The molecule has 1 aromatic heterocycles. The zero-order valence-corrected chi connectivity index (χ0v) is 33.6. The monoisotopic (exact) mass is 1140 g/mol. The summed E-state index contributed by atoms with van der Waals surface area (Å²) in [6.07, 6.45) is 3.50. The Morgan fingerprint density at radius 3 is 1.02 bits per heavy atom. The van der Waals surface area contributed by atoms with Crippen LogP contribution < -0.4 is 35.2 Å². The summed E-state index contributed by atoms with van der Waals surface area (Å²) >= 11 is 2.45. The molecule has 1 radical (unpaired) electrons. The van der Waals surface area contributed by atoms with Crippen LogP contribution in [0.25, 0.3) is 0 Å². The second kappa shape index (κ2) is 18.7. The van der Waals surface area contributed by atoms with E-state index in [1.54, 1.807) is 73.1 Å². The van der Waals surface area contributed by atoms with E-state index in [1.807, 2.05) is 30.3 Å². The zero-order chi connectivity index (χ0) is 30.8. The molecule has 0 saturated carbocycles. The Hall–Kier alpha value is -0.769. The summed E-state index contributed by atoms with van der Waals surface area (Å²) in [7, 11) is -4.66. The van der Waals surface area contributed by atoms with Crippen LogP contribution >= 0.6 is 33.1 Å². The van der Waals surface area contributed by atoms with Gasteiger partial charge in [-0.25, -0.2) is 0 Å². The van der Waals surface area contributed by atoms with Gasteiger partial charge in [-0.3, -0.25) is 4.98 Å². The second-order valence-corrected chi connectivity index (χ2v) is 25.5. The Morgan fingerprint density at radius 1 is 0.533 bits per heavy atom. The molecule has 249 valence electrons. The maximum Gasteiger partial charge on any atom is 0.0267 e.